The van der Waals surface area contributed by atoms with E-state index >= 15 is 0 Å². The van der Waals surface area contributed by atoms with Gasteiger partial charge in [0, 0.05) is 10.6 Å². The average Bonchev–Trinajstić information content (AvgIpc) is 3.09. The highest BCUT2D eigenvalue weighted by Crippen LogP contribution is 2.28. The van der Waals surface area contributed by atoms with Crippen molar-refractivity contribution in [1.82, 2.24) is 10.2 Å². The quantitative estimate of drug-likeness (QED) is 0.630. The molecule has 0 bridgehead atoms. The molecule has 3 aromatic rings. The van der Waals surface area contributed by atoms with Crippen LogP contribution in [0.4, 0.5) is 10.1 Å². The molecule has 0 atom stereocenters. The van der Waals surface area contributed by atoms with Crippen LogP contribution in [0.2, 0.25) is 5.02 Å². The molecule has 0 aliphatic rings. The first kappa shape index (κ1) is 18.2. The number of carbonyl (C=O) groups is 1. The van der Waals surface area contributed by atoms with Crippen molar-refractivity contribution in [1.29, 1.82) is 0 Å². The van der Waals surface area contributed by atoms with Gasteiger partial charge in [-0.25, -0.2) is 4.39 Å². The lowest BCUT2D eigenvalue weighted by molar-refractivity contribution is -0.113. The molecule has 0 saturated carbocycles. The van der Waals surface area contributed by atoms with Gasteiger partial charge in [-0.3, -0.25) is 4.79 Å². The van der Waals surface area contributed by atoms with Crippen LogP contribution in [0, 0.1) is 5.82 Å². The van der Waals surface area contributed by atoms with Gasteiger partial charge in [0.2, 0.25) is 11.8 Å². The Labute approximate surface area is 157 Å². The van der Waals surface area contributed by atoms with E-state index in [0.29, 0.717) is 22.0 Å². The maximum absolute atomic E-state index is 13.2. The van der Waals surface area contributed by atoms with Crippen molar-refractivity contribution >= 4 is 35.0 Å². The SMILES string of the molecule is COc1ccc(Cl)cc1NC(=O)CSc1nnc(-c2cccc(F)c2)o1. The van der Waals surface area contributed by atoms with Gasteiger partial charge in [0.05, 0.1) is 18.6 Å². The fraction of sp³-hybridized carbons (Fsp3) is 0.118. The van der Waals surface area contributed by atoms with Crippen LogP contribution in [0.3, 0.4) is 0 Å². The van der Waals surface area contributed by atoms with Crippen LogP contribution in [-0.2, 0) is 4.79 Å². The minimum atomic E-state index is -0.398. The zero-order valence-electron chi connectivity index (χ0n) is 13.5. The summed E-state index contributed by atoms with van der Waals surface area (Å²) in [7, 11) is 1.50. The summed E-state index contributed by atoms with van der Waals surface area (Å²) >= 11 is 7.00. The van der Waals surface area contributed by atoms with Crippen molar-refractivity contribution in [2.45, 2.75) is 5.22 Å². The third-order valence-electron chi connectivity index (χ3n) is 3.24. The third kappa shape index (κ3) is 4.53. The summed E-state index contributed by atoms with van der Waals surface area (Å²) in [5.74, 6) is 0.0363. The molecule has 0 aliphatic heterocycles. The molecule has 0 aliphatic carbocycles. The van der Waals surface area contributed by atoms with Crippen LogP contribution in [0.25, 0.3) is 11.5 Å². The van der Waals surface area contributed by atoms with E-state index in [4.69, 9.17) is 20.8 Å². The fourth-order valence-electron chi connectivity index (χ4n) is 2.10. The van der Waals surface area contributed by atoms with Gasteiger partial charge in [-0.2, -0.15) is 0 Å². The summed E-state index contributed by atoms with van der Waals surface area (Å²) in [5.41, 5.74) is 0.939. The van der Waals surface area contributed by atoms with E-state index in [1.54, 1.807) is 30.3 Å². The molecule has 0 unspecified atom stereocenters. The van der Waals surface area contributed by atoms with E-state index in [0.717, 1.165) is 11.8 Å². The van der Waals surface area contributed by atoms with Gasteiger partial charge in [0.1, 0.15) is 11.6 Å². The maximum atomic E-state index is 13.2. The van der Waals surface area contributed by atoms with E-state index in [-0.39, 0.29) is 22.8 Å². The van der Waals surface area contributed by atoms with Crippen LogP contribution < -0.4 is 10.1 Å². The molecule has 3 rings (SSSR count). The zero-order valence-corrected chi connectivity index (χ0v) is 15.1. The molecule has 1 heterocycles. The number of benzene rings is 2. The molecule has 134 valence electrons. The third-order valence-corrected chi connectivity index (χ3v) is 4.29. The monoisotopic (exact) mass is 393 g/mol. The van der Waals surface area contributed by atoms with Gasteiger partial charge in [-0.15, -0.1) is 10.2 Å². The second-order valence-electron chi connectivity index (χ2n) is 5.06. The second kappa shape index (κ2) is 8.20. The standard InChI is InChI=1S/C17H13ClFN3O3S/c1-24-14-6-5-11(18)8-13(14)20-15(23)9-26-17-22-21-16(25-17)10-3-2-4-12(19)7-10/h2-8H,9H2,1H3,(H,20,23). The Bertz CT molecular complexity index is 935. The van der Waals surface area contributed by atoms with E-state index in [1.807, 2.05) is 0 Å². The van der Waals surface area contributed by atoms with Gasteiger partial charge in [0.25, 0.3) is 5.22 Å². The summed E-state index contributed by atoms with van der Waals surface area (Å²) in [6, 6.07) is 10.7. The molecule has 1 amide bonds. The summed E-state index contributed by atoms with van der Waals surface area (Å²) in [6.45, 7) is 0. The Balaban J connectivity index is 1.61. The number of rotatable bonds is 6. The molecule has 1 N–H and O–H groups in total. The zero-order chi connectivity index (χ0) is 18.5. The average molecular weight is 394 g/mol. The van der Waals surface area contributed by atoms with Gasteiger partial charge in [0.15, 0.2) is 0 Å². The number of hydrogen-bond acceptors (Lipinski definition) is 6. The number of hydrogen-bond donors (Lipinski definition) is 1. The number of thioether (sulfide) groups is 1. The number of ether oxygens (including phenoxy) is 1. The van der Waals surface area contributed by atoms with Crippen molar-refractivity contribution < 1.29 is 18.3 Å². The van der Waals surface area contributed by atoms with Crippen molar-refractivity contribution in [3.63, 3.8) is 0 Å². The molecule has 26 heavy (non-hydrogen) atoms. The minimum absolute atomic E-state index is 0.0421. The lowest BCUT2D eigenvalue weighted by Gasteiger charge is -2.09. The number of methoxy groups -OCH3 is 1. The van der Waals surface area contributed by atoms with Crippen LogP contribution >= 0.6 is 23.4 Å². The van der Waals surface area contributed by atoms with Crippen LogP contribution in [0.15, 0.2) is 52.1 Å². The molecule has 6 nitrogen and oxygen atoms in total. The molecule has 0 spiro atoms. The van der Waals surface area contributed by atoms with E-state index in [1.165, 1.54) is 19.2 Å². The fourth-order valence-corrected chi connectivity index (χ4v) is 2.83. The van der Waals surface area contributed by atoms with Crippen LogP contribution in [0.1, 0.15) is 0 Å². The highest BCUT2D eigenvalue weighted by molar-refractivity contribution is 7.99. The second-order valence-corrected chi connectivity index (χ2v) is 6.43. The number of amides is 1. The number of anilines is 1. The largest absolute Gasteiger partial charge is 0.495 e. The van der Waals surface area contributed by atoms with Crippen molar-refractivity contribution in [3.8, 4) is 17.2 Å². The molecule has 2 aromatic carbocycles. The topological polar surface area (TPSA) is 77.2 Å². The number of nitrogens with zero attached hydrogens (tertiary/aromatic N) is 2. The maximum Gasteiger partial charge on any atom is 0.277 e. The van der Waals surface area contributed by atoms with Gasteiger partial charge in [-0.05, 0) is 36.4 Å². The highest BCUT2D eigenvalue weighted by atomic mass is 35.5. The first-order valence-corrected chi connectivity index (χ1v) is 8.77. The number of nitrogens with one attached hydrogen (secondary N) is 1. The summed E-state index contributed by atoms with van der Waals surface area (Å²) in [5, 5.41) is 11.1. The summed E-state index contributed by atoms with van der Waals surface area (Å²) < 4.78 is 23.9. The Morgan fingerprint density at radius 1 is 1.31 bits per heavy atom. The van der Waals surface area contributed by atoms with Crippen LogP contribution in [0.5, 0.6) is 5.75 Å². The Hall–Kier alpha value is -2.58. The minimum Gasteiger partial charge on any atom is -0.495 e. The molecule has 1 aromatic heterocycles. The van der Waals surface area contributed by atoms with Gasteiger partial charge >= 0.3 is 0 Å². The van der Waals surface area contributed by atoms with Crippen molar-refractivity contribution in [2.75, 3.05) is 18.2 Å². The highest BCUT2D eigenvalue weighted by Gasteiger charge is 2.13. The van der Waals surface area contributed by atoms with Gasteiger partial charge < -0.3 is 14.5 Å². The Kier molecular flexibility index (Phi) is 5.75. The number of halogens is 2. The number of carbonyl (C=O) groups excluding carboxylic acids is 1. The van der Waals surface area contributed by atoms with E-state index in [2.05, 4.69) is 15.5 Å². The lowest BCUT2D eigenvalue weighted by Crippen LogP contribution is -2.14. The van der Waals surface area contributed by atoms with Crippen molar-refractivity contribution in [2.24, 2.45) is 0 Å². The van der Waals surface area contributed by atoms with Crippen molar-refractivity contribution in [3.05, 3.63) is 53.3 Å². The van der Waals surface area contributed by atoms with E-state index < -0.39 is 5.82 Å². The normalized spacial score (nSPS) is 10.6. The Morgan fingerprint density at radius 3 is 2.92 bits per heavy atom. The van der Waals surface area contributed by atoms with E-state index in [9.17, 15) is 9.18 Å². The molecule has 0 fully saturated rings. The molecular weight excluding hydrogens is 381 g/mol. The molecule has 9 heteroatoms. The predicted octanol–water partition coefficient (Wildman–Crippen LogP) is 4.27. The van der Waals surface area contributed by atoms with Crippen LogP contribution in [-0.4, -0.2) is 29.0 Å². The smallest absolute Gasteiger partial charge is 0.277 e. The summed E-state index contributed by atoms with van der Waals surface area (Å²) in [4.78, 5) is 12.1. The first-order valence-electron chi connectivity index (χ1n) is 7.41. The lowest BCUT2D eigenvalue weighted by atomic mass is 10.2. The molecule has 0 saturated heterocycles. The van der Waals surface area contributed by atoms with Gasteiger partial charge in [-0.1, -0.05) is 29.4 Å². The molecular formula is C17H13ClFN3O3S. The first-order chi connectivity index (χ1) is 12.5. The number of aromatic nitrogens is 2. The molecule has 0 radical (unpaired) electrons. The Morgan fingerprint density at radius 2 is 2.15 bits per heavy atom. The summed E-state index contributed by atoms with van der Waals surface area (Å²) in [6.07, 6.45) is 0. The predicted molar refractivity (Wildman–Crippen MR) is 97.0 cm³/mol.